The van der Waals surface area contributed by atoms with Crippen molar-refractivity contribution >= 4 is 11.3 Å². The highest BCUT2D eigenvalue weighted by atomic mass is 32.1. The van der Waals surface area contributed by atoms with Crippen LogP contribution in [-0.2, 0) is 11.3 Å². The zero-order valence-corrected chi connectivity index (χ0v) is 12.2. The van der Waals surface area contributed by atoms with E-state index < -0.39 is 0 Å². The van der Waals surface area contributed by atoms with Crippen LogP contribution in [0.15, 0.2) is 0 Å². The predicted molar refractivity (Wildman–Crippen MR) is 71.2 cm³/mol. The fourth-order valence-electron chi connectivity index (χ4n) is 1.40. The maximum atomic E-state index is 5.69. The first-order valence-electron chi connectivity index (χ1n) is 6.16. The maximum absolute atomic E-state index is 5.69. The summed E-state index contributed by atoms with van der Waals surface area (Å²) >= 11 is 1.64. The average molecular weight is 257 g/mol. The number of rotatable bonds is 6. The summed E-state index contributed by atoms with van der Waals surface area (Å²) in [6, 6.07) is 0.320. The summed E-state index contributed by atoms with van der Waals surface area (Å²) in [5, 5.41) is 13.8. The molecule has 17 heavy (non-hydrogen) atoms. The van der Waals surface area contributed by atoms with Crippen molar-refractivity contribution in [1.82, 2.24) is 15.5 Å². The molecule has 5 heteroatoms. The molecule has 0 fully saturated rings. The molecule has 1 N–H and O–H groups in total. The smallest absolute Gasteiger partial charge is 0.143 e. The van der Waals surface area contributed by atoms with Gasteiger partial charge in [0.15, 0.2) is 0 Å². The number of nitrogens with zero attached hydrogens (tertiary/aromatic N) is 2. The second-order valence-corrected chi connectivity index (χ2v) is 6.05. The van der Waals surface area contributed by atoms with E-state index in [2.05, 4.69) is 29.4 Å². The topological polar surface area (TPSA) is 47.0 Å². The lowest BCUT2D eigenvalue weighted by Crippen LogP contribution is -2.19. The molecular weight excluding hydrogens is 234 g/mol. The normalized spacial score (nSPS) is 13.9. The fourth-order valence-corrected chi connectivity index (χ4v) is 2.31. The van der Waals surface area contributed by atoms with Gasteiger partial charge in [-0.25, -0.2) is 0 Å². The quantitative estimate of drug-likeness (QED) is 0.851. The van der Waals surface area contributed by atoms with Gasteiger partial charge in [0.2, 0.25) is 0 Å². The van der Waals surface area contributed by atoms with Crippen LogP contribution < -0.4 is 5.32 Å². The van der Waals surface area contributed by atoms with Gasteiger partial charge in [-0.05, 0) is 33.7 Å². The lowest BCUT2D eigenvalue weighted by molar-refractivity contribution is -0.0152. The van der Waals surface area contributed by atoms with Gasteiger partial charge in [0, 0.05) is 0 Å². The molecule has 1 atom stereocenters. The summed E-state index contributed by atoms with van der Waals surface area (Å²) in [6.07, 6.45) is 1.03. The van der Waals surface area contributed by atoms with Crippen molar-refractivity contribution in [3.05, 3.63) is 10.0 Å². The van der Waals surface area contributed by atoms with Crippen molar-refractivity contribution in [3.63, 3.8) is 0 Å². The van der Waals surface area contributed by atoms with E-state index in [1.54, 1.807) is 11.3 Å². The molecule has 0 aliphatic heterocycles. The van der Waals surface area contributed by atoms with E-state index in [1.165, 1.54) is 0 Å². The van der Waals surface area contributed by atoms with Gasteiger partial charge in [-0.1, -0.05) is 25.2 Å². The lowest BCUT2D eigenvalue weighted by atomic mass is 10.2. The van der Waals surface area contributed by atoms with E-state index >= 15 is 0 Å². The van der Waals surface area contributed by atoms with Gasteiger partial charge < -0.3 is 10.1 Å². The molecule has 0 amide bonds. The van der Waals surface area contributed by atoms with E-state index in [9.17, 15) is 0 Å². The highest BCUT2D eigenvalue weighted by Crippen LogP contribution is 2.22. The van der Waals surface area contributed by atoms with Gasteiger partial charge in [-0.3, -0.25) is 0 Å². The van der Waals surface area contributed by atoms with Crippen LogP contribution in [0.25, 0.3) is 0 Å². The zero-order chi connectivity index (χ0) is 12.9. The molecule has 0 saturated carbocycles. The highest BCUT2D eigenvalue weighted by molar-refractivity contribution is 7.11. The van der Waals surface area contributed by atoms with Crippen molar-refractivity contribution in [2.75, 3.05) is 6.54 Å². The minimum absolute atomic E-state index is 0.127. The van der Waals surface area contributed by atoms with Crippen LogP contribution in [0.3, 0.4) is 0 Å². The Hall–Kier alpha value is -0.520. The Kier molecular flexibility index (Phi) is 5.49. The van der Waals surface area contributed by atoms with Crippen molar-refractivity contribution in [3.8, 4) is 0 Å². The van der Waals surface area contributed by atoms with E-state index in [-0.39, 0.29) is 5.60 Å². The van der Waals surface area contributed by atoms with E-state index in [1.807, 2.05) is 20.8 Å². The van der Waals surface area contributed by atoms with Crippen molar-refractivity contribution in [2.24, 2.45) is 0 Å². The molecule has 0 bridgehead atoms. The van der Waals surface area contributed by atoms with Gasteiger partial charge in [0.1, 0.15) is 16.6 Å². The average Bonchev–Trinajstić information content (AvgIpc) is 2.70. The second-order valence-electron chi connectivity index (χ2n) is 4.95. The lowest BCUT2D eigenvalue weighted by Gasteiger charge is -2.18. The summed E-state index contributed by atoms with van der Waals surface area (Å²) < 4.78 is 5.69. The summed E-state index contributed by atoms with van der Waals surface area (Å²) in [4.78, 5) is 0. The second kappa shape index (κ2) is 6.42. The monoisotopic (exact) mass is 257 g/mol. The Morgan fingerprint density at radius 3 is 2.53 bits per heavy atom. The molecule has 0 radical (unpaired) electrons. The maximum Gasteiger partial charge on any atom is 0.143 e. The highest BCUT2D eigenvalue weighted by Gasteiger charge is 2.16. The van der Waals surface area contributed by atoms with Crippen LogP contribution in [0.4, 0.5) is 0 Å². The Morgan fingerprint density at radius 2 is 2.00 bits per heavy atom. The van der Waals surface area contributed by atoms with Crippen molar-refractivity contribution in [1.29, 1.82) is 0 Å². The summed E-state index contributed by atoms with van der Waals surface area (Å²) in [6.45, 7) is 11.9. The number of aromatic nitrogens is 2. The first-order valence-corrected chi connectivity index (χ1v) is 6.97. The third-order valence-corrected chi connectivity index (χ3v) is 3.28. The van der Waals surface area contributed by atoms with Crippen LogP contribution in [0.5, 0.6) is 0 Å². The first kappa shape index (κ1) is 14.5. The van der Waals surface area contributed by atoms with Gasteiger partial charge in [-0.2, -0.15) is 0 Å². The Morgan fingerprint density at radius 1 is 1.29 bits per heavy atom. The van der Waals surface area contributed by atoms with Crippen molar-refractivity contribution < 1.29 is 4.74 Å². The van der Waals surface area contributed by atoms with Crippen LogP contribution in [0.1, 0.15) is 57.1 Å². The Balaban J connectivity index is 2.58. The summed E-state index contributed by atoms with van der Waals surface area (Å²) in [5.74, 6) is 0. The largest absolute Gasteiger partial charge is 0.369 e. The summed E-state index contributed by atoms with van der Waals surface area (Å²) in [5.41, 5.74) is -0.127. The molecule has 98 valence electrons. The molecule has 1 unspecified atom stereocenters. The Labute approximate surface area is 108 Å². The summed E-state index contributed by atoms with van der Waals surface area (Å²) in [7, 11) is 0. The van der Waals surface area contributed by atoms with Gasteiger partial charge in [-0.15, -0.1) is 10.2 Å². The predicted octanol–water partition coefficient (Wildman–Crippen LogP) is 2.91. The Bertz CT molecular complexity index is 333. The van der Waals surface area contributed by atoms with Crippen LogP contribution in [0, 0.1) is 0 Å². The van der Waals surface area contributed by atoms with Gasteiger partial charge >= 0.3 is 0 Å². The first-order chi connectivity index (χ1) is 7.96. The zero-order valence-electron chi connectivity index (χ0n) is 11.4. The fraction of sp³-hybridized carbons (Fsp3) is 0.833. The van der Waals surface area contributed by atoms with Crippen LogP contribution >= 0.6 is 11.3 Å². The van der Waals surface area contributed by atoms with E-state index in [0.29, 0.717) is 12.6 Å². The number of nitrogens with one attached hydrogen (secondary N) is 1. The molecule has 0 aliphatic rings. The third-order valence-electron chi connectivity index (χ3n) is 2.27. The minimum Gasteiger partial charge on any atom is -0.369 e. The van der Waals surface area contributed by atoms with E-state index in [4.69, 9.17) is 4.74 Å². The van der Waals surface area contributed by atoms with Crippen molar-refractivity contribution in [2.45, 2.75) is 59.3 Å². The molecule has 0 aliphatic carbocycles. The molecule has 1 rings (SSSR count). The SMILES string of the molecule is CCNC(CC)c1nnc(COC(C)(C)C)s1. The van der Waals surface area contributed by atoms with Crippen LogP contribution in [0.2, 0.25) is 0 Å². The molecule has 0 aromatic carbocycles. The molecule has 1 aromatic heterocycles. The molecule has 0 spiro atoms. The molecule has 4 nitrogen and oxygen atoms in total. The van der Waals surface area contributed by atoms with E-state index in [0.717, 1.165) is 23.0 Å². The molecule has 1 heterocycles. The van der Waals surface area contributed by atoms with Gasteiger partial charge in [0.25, 0.3) is 0 Å². The molecule has 1 aromatic rings. The minimum atomic E-state index is -0.127. The molecular formula is C12H23N3OS. The van der Waals surface area contributed by atoms with Gasteiger partial charge in [0.05, 0.1) is 11.6 Å². The third kappa shape index (κ3) is 5.10. The number of hydrogen-bond donors (Lipinski definition) is 1. The standard InChI is InChI=1S/C12H23N3OS/c1-6-9(13-7-2)11-15-14-10(17-11)8-16-12(3,4)5/h9,13H,6-8H2,1-5H3. The number of ether oxygens (including phenoxy) is 1. The number of hydrogen-bond acceptors (Lipinski definition) is 5. The molecule has 0 saturated heterocycles. The van der Waals surface area contributed by atoms with Crippen LogP contribution in [-0.4, -0.2) is 22.3 Å².